The molecule has 0 fully saturated rings. The predicted molar refractivity (Wildman–Crippen MR) is 128 cm³/mol. The van der Waals surface area contributed by atoms with E-state index < -0.39 is 10.1 Å². The number of rotatable bonds is 4. The molecule has 5 rings (SSSR count). The quantitative estimate of drug-likeness (QED) is 0.280. The molecule has 0 aliphatic carbocycles. The second-order valence-electron chi connectivity index (χ2n) is 7.15. The van der Waals surface area contributed by atoms with Crippen LogP contribution in [-0.4, -0.2) is 56.4 Å². The van der Waals surface area contributed by atoms with Crippen molar-refractivity contribution in [3.8, 4) is 22.8 Å². The number of aromatic hydroxyl groups is 1. The molecule has 0 aliphatic heterocycles. The molecule has 3 aromatic heterocycles. The molecule has 174 valence electrons. The molecule has 0 aliphatic rings. The number of pyridine rings is 1. The van der Waals surface area contributed by atoms with Crippen molar-refractivity contribution >= 4 is 43.8 Å². The van der Waals surface area contributed by atoms with Gasteiger partial charge in [-0.25, -0.2) is 4.98 Å². The number of ether oxygens (including phenoxy) is 1. The Bertz CT molecular complexity index is 1580. The Balaban J connectivity index is 0.000000499. The maximum atomic E-state index is 10.0. The Morgan fingerprint density at radius 1 is 1.06 bits per heavy atom. The number of methoxy groups -OCH3 is 1. The highest BCUT2D eigenvalue weighted by Gasteiger charge is 2.11. The van der Waals surface area contributed by atoms with E-state index in [0.29, 0.717) is 17.4 Å². The first-order chi connectivity index (χ1) is 16.2. The average molecular weight is 481 g/mol. The monoisotopic (exact) mass is 480 g/mol. The first-order valence-corrected chi connectivity index (χ1v) is 11.7. The van der Waals surface area contributed by atoms with E-state index in [1.54, 1.807) is 13.3 Å². The van der Waals surface area contributed by atoms with Gasteiger partial charge in [-0.3, -0.25) is 9.54 Å². The van der Waals surface area contributed by atoms with Crippen LogP contribution in [0.1, 0.15) is 0 Å². The Labute approximate surface area is 194 Å². The molecule has 0 bridgehead atoms. The molecule has 0 unspecified atom stereocenters. The van der Waals surface area contributed by atoms with E-state index in [2.05, 4.69) is 30.2 Å². The molecule has 3 heterocycles. The fourth-order valence-corrected chi connectivity index (χ4v) is 3.27. The van der Waals surface area contributed by atoms with Gasteiger partial charge in [0, 0.05) is 17.3 Å². The second kappa shape index (κ2) is 9.29. The van der Waals surface area contributed by atoms with Crippen LogP contribution in [0.2, 0.25) is 0 Å². The minimum absolute atomic E-state index is 0.182. The summed E-state index contributed by atoms with van der Waals surface area (Å²) in [6.07, 6.45) is 3.97. The zero-order valence-electron chi connectivity index (χ0n) is 18.1. The van der Waals surface area contributed by atoms with E-state index in [0.717, 1.165) is 33.5 Å². The maximum Gasteiger partial charge on any atom is 0.261 e. The van der Waals surface area contributed by atoms with Crippen LogP contribution in [0.4, 0.5) is 11.6 Å². The maximum absolute atomic E-state index is 10.0. The molecular weight excluding hydrogens is 460 g/mol. The third kappa shape index (κ3) is 5.36. The molecule has 12 heteroatoms. The molecular formula is C22H20N6O5S. The van der Waals surface area contributed by atoms with E-state index in [4.69, 9.17) is 9.29 Å². The molecule has 5 aromatic rings. The Hall–Kier alpha value is -4.29. The van der Waals surface area contributed by atoms with Crippen LogP contribution in [-0.2, 0) is 10.1 Å². The van der Waals surface area contributed by atoms with Crippen LogP contribution < -0.4 is 10.1 Å². The highest BCUT2D eigenvalue weighted by atomic mass is 32.2. The molecule has 0 spiro atoms. The molecule has 2 aromatic carbocycles. The van der Waals surface area contributed by atoms with Gasteiger partial charge in [-0.2, -0.15) is 18.4 Å². The molecule has 34 heavy (non-hydrogen) atoms. The van der Waals surface area contributed by atoms with Crippen molar-refractivity contribution in [3.05, 3.63) is 61.1 Å². The van der Waals surface area contributed by atoms with Crippen molar-refractivity contribution in [1.82, 2.24) is 24.9 Å². The summed E-state index contributed by atoms with van der Waals surface area (Å²) in [4.78, 5) is 19.7. The highest BCUT2D eigenvalue weighted by molar-refractivity contribution is 7.85. The van der Waals surface area contributed by atoms with Crippen molar-refractivity contribution in [2.75, 3.05) is 18.7 Å². The van der Waals surface area contributed by atoms with Crippen molar-refractivity contribution in [2.45, 2.75) is 0 Å². The number of aromatic amines is 1. The van der Waals surface area contributed by atoms with E-state index >= 15 is 0 Å². The van der Waals surface area contributed by atoms with Crippen LogP contribution >= 0.6 is 0 Å². The van der Waals surface area contributed by atoms with Gasteiger partial charge in [0.15, 0.2) is 11.2 Å². The highest BCUT2D eigenvalue weighted by Crippen LogP contribution is 2.32. The number of hydrogen-bond donors (Lipinski definition) is 4. The molecule has 0 atom stereocenters. The number of nitrogens with zero attached hydrogens (tertiary/aromatic N) is 4. The Morgan fingerprint density at radius 3 is 2.62 bits per heavy atom. The minimum atomic E-state index is -3.67. The summed E-state index contributed by atoms with van der Waals surface area (Å²) in [5.74, 6) is 0.877. The molecule has 0 radical (unpaired) electrons. The van der Waals surface area contributed by atoms with Crippen LogP contribution in [0, 0.1) is 0 Å². The zero-order chi connectivity index (χ0) is 24.3. The Kier molecular flexibility index (Phi) is 6.25. The van der Waals surface area contributed by atoms with Gasteiger partial charge in [-0.05, 0) is 47.5 Å². The lowest BCUT2D eigenvalue weighted by molar-refractivity contribution is 0.415. The third-order valence-corrected chi connectivity index (χ3v) is 4.64. The molecule has 4 N–H and O–H groups in total. The number of hydrogen-bond acceptors (Lipinski definition) is 9. The lowest BCUT2D eigenvalue weighted by Gasteiger charge is -2.10. The van der Waals surface area contributed by atoms with Crippen LogP contribution in [0.25, 0.3) is 33.2 Å². The van der Waals surface area contributed by atoms with Gasteiger partial charge < -0.3 is 20.1 Å². The van der Waals surface area contributed by atoms with Gasteiger partial charge in [-0.15, -0.1) is 0 Å². The lowest BCUT2D eigenvalue weighted by Crippen LogP contribution is -1.98. The zero-order valence-corrected chi connectivity index (χ0v) is 18.9. The van der Waals surface area contributed by atoms with E-state index in [1.165, 1.54) is 6.33 Å². The van der Waals surface area contributed by atoms with E-state index in [-0.39, 0.29) is 11.8 Å². The summed E-state index contributed by atoms with van der Waals surface area (Å²) in [5.41, 5.74) is 4.49. The normalized spacial score (nSPS) is 11.1. The molecule has 0 saturated heterocycles. The largest absolute Gasteiger partial charge is 0.497 e. The summed E-state index contributed by atoms with van der Waals surface area (Å²) >= 11 is 0. The summed E-state index contributed by atoms with van der Waals surface area (Å²) in [6, 6.07) is 15.7. The number of nitrogens with one attached hydrogen (secondary N) is 2. The molecule has 0 amide bonds. The first-order valence-electron chi connectivity index (χ1n) is 9.84. The summed E-state index contributed by atoms with van der Waals surface area (Å²) in [5, 5.41) is 14.1. The SMILES string of the molecule is COc1cccc(-c2ccnc3ccc(Nc4nc(O)c5nc[nH]c5n4)cc23)c1.CS(=O)(=O)O. The second-order valence-corrected chi connectivity index (χ2v) is 8.62. The van der Waals surface area contributed by atoms with Crippen molar-refractivity contribution in [2.24, 2.45) is 0 Å². The van der Waals surface area contributed by atoms with Crippen LogP contribution in [0.15, 0.2) is 61.1 Å². The third-order valence-electron chi connectivity index (χ3n) is 4.64. The van der Waals surface area contributed by atoms with Gasteiger partial charge in [0.25, 0.3) is 10.1 Å². The van der Waals surface area contributed by atoms with E-state index in [1.807, 2.05) is 48.5 Å². The number of anilines is 2. The van der Waals surface area contributed by atoms with Crippen molar-refractivity contribution in [1.29, 1.82) is 0 Å². The lowest BCUT2D eigenvalue weighted by atomic mass is 10.0. The van der Waals surface area contributed by atoms with Gasteiger partial charge in [0.1, 0.15) is 5.75 Å². The predicted octanol–water partition coefficient (Wildman–Crippen LogP) is 3.53. The minimum Gasteiger partial charge on any atom is -0.497 e. The van der Waals surface area contributed by atoms with Crippen molar-refractivity contribution in [3.63, 3.8) is 0 Å². The fraction of sp³-hybridized carbons (Fsp3) is 0.0909. The number of aromatic nitrogens is 5. The van der Waals surface area contributed by atoms with Gasteiger partial charge >= 0.3 is 0 Å². The van der Waals surface area contributed by atoms with Crippen LogP contribution in [0.3, 0.4) is 0 Å². The van der Waals surface area contributed by atoms with Crippen LogP contribution in [0.5, 0.6) is 11.6 Å². The molecule has 11 nitrogen and oxygen atoms in total. The number of fused-ring (bicyclic) bond motifs is 2. The van der Waals surface area contributed by atoms with Gasteiger partial charge in [0.2, 0.25) is 11.8 Å². The smallest absolute Gasteiger partial charge is 0.261 e. The molecule has 0 saturated carbocycles. The first kappa shape index (κ1) is 22.9. The van der Waals surface area contributed by atoms with E-state index in [9.17, 15) is 13.5 Å². The fourth-order valence-electron chi connectivity index (χ4n) is 3.27. The average Bonchev–Trinajstić information content (AvgIpc) is 3.27. The summed E-state index contributed by atoms with van der Waals surface area (Å²) < 4.78 is 31.2. The summed E-state index contributed by atoms with van der Waals surface area (Å²) in [7, 11) is -2.02. The van der Waals surface area contributed by atoms with Gasteiger partial charge in [-0.1, -0.05) is 12.1 Å². The number of H-pyrrole nitrogens is 1. The standard InChI is InChI=1S/C21H16N6O2.CH4O3S/c1-29-14-4-2-3-12(9-14)15-7-8-22-17-6-5-13(10-16(15)17)25-21-26-19-18(20(28)27-21)23-11-24-19;1-5(2,3)4/h2-11H,1H3,(H3,23,24,25,26,27,28);1H3,(H,2,3,4). The number of benzene rings is 2. The summed E-state index contributed by atoms with van der Waals surface area (Å²) in [6.45, 7) is 0. The number of imidazole rings is 1. The topological polar surface area (TPSA) is 163 Å². The van der Waals surface area contributed by atoms with Gasteiger partial charge in [0.05, 0.1) is 25.2 Å². The van der Waals surface area contributed by atoms with Crippen molar-refractivity contribution < 1.29 is 22.8 Å². The Morgan fingerprint density at radius 2 is 1.85 bits per heavy atom.